The summed E-state index contributed by atoms with van der Waals surface area (Å²) in [6, 6.07) is 25.0. The molecule has 0 saturated heterocycles. The van der Waals surface area contributed by atoms with Gasteiger partial charge in [0.2, 0.25) is 0 Å². The number of carbonyl (C=O) groups excluding carboxylic acids is 1. The number of rotatable bonds is 10. The lowest BCUT2D eigenvalue weighted by molar-refractivity contribution is -0.136. The van der Waals surface area contributed by atoms with Crippen LogP contribution in [0.1, 0.15) is 44.4 Å². The van der Waals surface area contributed by atoms with Crippen molar-refractivity contribution in [3.05, 3.63) is 127 Å². The predicted octanol–water partition coefficient (Wildman–Crippen LogP) is 6.41. The highest BCUT2D eigenvalue weighted by atomic mass is 32.2. The van der Waals surface area contributed by atoms with Gasteiger partial charge in [-0.15, -0.1) is 11.8 Å². The number of carbonyl (C=O) groups is 1. The molecule has 1 aliphatic rings. The average Bonchev–Trinajstić information content (AvgIpc) is 3.64. The summed E-state index contributed by atoms with van der Waals surface area (Å²) in [6.45, 7) is 6.79. The third-order valence-corrected chi connectivity index (χ3v) is 9.73. The third kappa shape index (κ3) is 6.75. The van der Waals surface area contributed by atoms with Crippen molar-refractivity contribution in [1.82, 2.24) is 14.3 Å². The summed E-state index contributed by atoms with van der Waals surface area (Å²) < 4.78 is 15.0. The minimum absolute atomic E-state index is 0.242. The Kier molecular flexibility index (Phi) is 9.60. The van der Waals surface area contributed by atoms with Crippen LogP contribution in [0.25, 0.3) is 23.0 Å². The van der Waals surface area contributed by atoms with Crippen LogP contribution >= 0.6 is 23.1 Å². The smallest absolute Gasteiger partial charge is 0.338 e. The molecule has 240 valence electrons. The van der Waals surface area contributed by atoms with Crippen molar-refractivity contribution in [3.8, 4) is 22.7 Å². The molecule has 1 aliphatic heterocycles. The molecule has 8 nitrogen and oxygen atoms in total. The SMILES string of the molecule is COC(=O)C1=C(C)N=c2sc(=Cc3cn(-c4ccccc4)nc3-c3ccc(OCCC(C)C)cc3)c(=O)n2C1c1ccc(SC)cc1. The number of thiazole rings is 1. The Labute approximate surface area is 281 Å². The molecule has 3 heterocycles. The summed E-state index contributed by atoms with van der Waals surface area (Å²) in [4.78, 5) is 33.6. The van der Waals surface area contributed by atoms with Crippen LogP contribution in [0.5, 0.6) is 5.75 Å². The number of thioether (sulfide) groups is 1. The number of esters is 1. The molecular weight excluding hydrogens is 629 g/mol. The summed E-state index contributed by atoms with van der Waals surface area (Å²) in [5.41, 5.74) is 4.73. The molecule has 2 aromatic heterocycles. The Hall–Kier alpha value is -4.67. The van der Waals surface area contributed by atoms with E-state index in [1.165, 1.54) is 18.4 Å². The van der Waals surface area contributed by atoms with Gasteiger partial charge in [0.15, 0.2) is 4.80 Å². The summed E-state index contributed by atoms with van der Waals surface area (Å²) in [6.07, 6.45) is 6.78. The second-order valence-corrected chi connectivity index (χ2v) is 13.5. The van der Waals surface area contributed by atoms with Crippen molar-refractivity contribution in [2.75, 3.05) is 20.0 Å². The van der Waals surface area contributed by atoms with Gasteiger partial charge in [0, 0.05) is 22.2 Å². The summed E-state index contributed by atoms with van der Waals surface area (Å²) in [5, 5.41) is 4.96. The Morgan fingerprint density at radius 3 is 2.43 bits per heavy atom. The first kappa shape index (κ1) is 32.3. The van der Waals surface area contributed by atoms with E-state index < -0.39 is 12.0 Å². The number of hydrogen-bond acceptors (Lipinski definition) is 8. The highest BCUT2D eigenvalue weighted by molar-refractivity contribution is 7.98. The third-order valence-electron chi connectivity index (χ3n) is 8.00. The van der Waals surface area contributed by atoms with Crippen LogP contribution in [0.4, 0.5) is 0 Å². The van der Waals surface area contributed by atoms with Crippen molar-refractivity contribution in [2.45, 2.75) is 38.1 Å². The van der Waals surface area contributed by atoms with Gasteiger partial charge in [0.25, 0.3) is 5.56 Å². The van der Waals surface area contributed by atoms with Gasteiger partial charge in [0.05, 0.1) is 41.2 Å². The maximum atomic E-state index is 14.3. The van der Waals surface area contributed by atoms with E-state index in [9.17, 15) is 9.59 Å². The number of para-hydroxylation sites is 1. The van der Waals surface area contributed by atoms with Crippen molar-refractivity contribution in [2.24, 2.45) is 10.9 Å². The zero-order valence-electron chi connectivity index (χ0n) is 27.0. The molecular formula is C37H36N4O4S2. The van der Waals surface area contributed by atoms with Gasteiger partial charge in [-0.3, -0.25) is 9.36 Å². The molecule has 0 saturated carbocycles. The van der Waals surface area contributed by atoms with Crippen LogP contribution in [0.15, 0.2) is 111 Å². The number of ether oxygens (including phenoxy) is 2. The molecule has 1 atom stereocenters. The van der Waals surface area contributed by atoms with Gasteiger partial charge in [-0.2, -0.15) is 5.10 Å². The highest BCUT2D eigenvalue weighted by Crippen LogP contribution is 2.32. The van der Waals surface area contributed by atoms with Crippen molar-refractivity contribution in [3.63, 3.8) is 0 Å². The largest absolute Gasteiger partial charge is 0.494 e. The molecule has 0 bridgehead atoms. The molecule has 47 heavy (non-hydrogen) atoms. The monoisotopic (exact) mass is 664 g/mol. The summed E-state index contributed by atoms with van der Waals surface area (Å²) >= 11 is 2.92. The number of fused-ring (bicyclic) bond motifs is 1. The van der Waals surface area contributed by atoms with Crippen molar-refractivity contribution >= 4 is 35.1 Å². The van der Waals surface area contributed by atoms with Crippen LogP contribution in [-0.4, -0.2) is 40.3 Å². The highest BCUT2D eigenvalue weighted by Gasteiger charge is 2.33. The minimum atomic E-state index is -0.675. The number of nitrogens with zero attached hydrogens (tertiary/aromatic N) is 4. The molecule has 0 aliphatic carbocycles. The van der Waals surface area contributed by atoms with Gasteiger partial charge in [-0.25, -0.2) is 14.5 Å². The second kappa shape index (κ2) is 14.0. The van der Waals surface area contributed by atoms with Crippen LogP contribution in [0.3, 0.4) is 0 Å². The van der Waals surface area contributed by atoms with E-state index in [0.29, 0.717) is 33.1 Å². The fourth-order valence-corrected chi connectivity index (χ4v) is 6.93. The number of hydrogen-bond donors (Lipinski definition) is 0. The molecule has 0 fully saturated rings. The number of methoxy groups -OCH3 is 1. The van der Waals surface area contributed by atoms with E-state index >= 15 is 0 Å². The van der Waals surface area contributed by atoms with Gasteiger partial charge in [-0.05, 0) is 85.7 Å². The lowest BCUT2D eigenvalue weighted by Gasteiger charge is -2.24. The van der Waals surface area contributed by atoms with E-state index in [1.54, 1.807) is 23.3 Å². The van der Waals surface area contributed by atoms with Crippen LogP contribution < -0.4 is 19.6 Å². The maximum Gasteiger partial charge on any atom is 0.338 e. The standard InChI is InChI=1S/C37H36N4O4S2/c1-23(2)19-20-45-29-15-11-25(12-16-29)33-27(22-40(39-33)28-9-7-6-8-10-28)21-31-35(42)41-34(26-13-17-30(46-5)18-14-26)32(36(43)44-4)24(3)38-37(41)47-31/h6-18,21-23,34H,19-20H2,1-5H3. The Morgan fingerprint density at radius 1 is 1.04 bits per heavy atom. The minimum Gasteiger partial charge on any atom is -0.494 e. The molecule has 0 amide bonds. The fraction of sp³-hybridized carbons (Fsp3) is 0.243. The van der Waals surface area contributed by atoms with Gasteiger partial charge in [-0.1, -0.05) is 55.5 Å². The molecule has 10 heteroatoms. The number of benzene rings is 3. The Balaban J connectivity index is 1.47. The lowest BCUT2D eigenvalue weighted by atomic mass is 9.96. The molecule has 0 N–H and O–H groups in total. The zero-order valence-corrected chi connectivity index (χ0v) is 28.6. The van der Waals surface area contributed by atoms with Crippen molar-refractivity contribution < 1.29 is 14.3 Å². The van der Waals surface area contributed by atoms with E-state index in [2.05, 4.69) is 13.8 Å². The van der Waals surface area contributed by atoms with Crippen LogP contribution in [0, 0.1) is 5.92 Å². The van der Waals surface area contributed by atoms with E-state index in [-0.39, 0.29) is 5.56 Å². The van der Waals surface area contributed by atoms with Gasteiger partial charge in [0.1, 0.15) is 11.4 Å². The fourth-order valence-electron chi connectivity index (χ4n) is 5.49. The van der Waals surface area contributed by atoms with Gasteiger partial charge >= 0.3 is 5.97 Å². The second-order valence-electron chi connectivity index (χ2n) is 11.6. The molecule has 1 unspecified atom stereocenters. The van der Waals surface area contributed by atoms with Crippen LogP contribution in [-0.2, 0) is 9.53 Å². The molecule has 0 radical (unpaired) electrons. The van der Waals surface area contributed by atoms with Crippen molar-refractivity contribution in [1.29, 1.82) is 0 Å². The number of allylic oxidation sites excluding steroid dienone is 1. The quantitative estimate of drug-likeness (QED) is 0.127. The van der Waals surface area contributed by atoms with Crippen LogP contribution in [0.2, 0.25) is 0 Å². The summed E-state index contributed by atoms with van der Waals surface area (Å²) in [5.74, 6) is 0.855. The van der Waals surface area contributed by atoms with E-state index in [1.807, 2.05) is 102 Å². The molecule has 6 rings (SSSR count). The maximum absolute atomic E-state index is 14.3. The summed E-state index contributed by atoms with van der Waals surface area (Å²) in [7, 11) is 1.35. The van der Waals surface area contributed by atoms with Gasteiger partial charge < -0.3 is 9.47 Å². The molecule has 3 aromatic carbocycles. The lowest BCUT2D eigenvalue weighted by Crippen LogP contribution is -2.39. The average molecular weight is 665 g/mol. The molecule has 5 aromatic rings. The molecule has 0 spiro atoms. The predicted molar refractivity (Wildman–Crippen MR) is 188 cm³/mol. The Morgan fingerprint density at radius 2 is 1.77 bits per heavy atom. The first-order valence-electron chi connectivity index (χ1n) is 15.4. The normalized spacial score (nSPS) is 14.7. The van der Waals surface area contributed by atoms with E-state index in [0.717, 1.165) is 45.1 Å². The number of aromatic nitrogens is 3. The zero-order chi connectivity index (χ0) is 33.1. The first-order valence-corrected chi connectivity index (χ1v) is 17.4. The Bertz CT molecular complexity index is 2110. The first-order chi connectivity index (χ1) is 22.8. The van der Waals surface area contributed by atoms with E-state index in [4.69, 9.17) is 19.6 Å². The topological polar surface area (TPSA) is 87.7 Å².